The lowest BCUT2D eigenvalue weighted by Crippen LogP contribution is -2.44. The van der Waals surface area contributed by atoms with Crippen molar-refractivity contribution in [3.63, 3.8) is 0 Å². The lowest BCUT2D eigenvalue weighted by molar-refractivity contribution is 0.140. The van der Waals surface area contributed by atoms with Crippen molar-refractivity contribution in [3.05, 3.63) is 0 Å². The minimum Gasteiger partial charge on any atom is -0.211 e. The van der Waals surface area contributed by atoms with Gasteiger partial charge in [-0.25, -0.2) is 9.59 Å². The Morgan fingerprint density at radius 3 is 1.67 bits per heavy atom. The zero-order chi connectivity index (χ0) is 15.3. The Kier molecular flexibility index (Phi) is 5.13. The van der Waals surface area contributed by atoms with Crippen LogP contribution in [0.5, 0.6) is 0 Å². The van der Waals surface area contributed by atoms with Gasteiger partial charge in [0.1, 0.15) is 0 Å². The molecule has 2 rings (SSSR count). The van der Waals surface area contributed by atoms with E-state index in [4.69, 9.17) is 0 Å². The molecule has 2 aliphatic rings. The molecular formula is C17H26N2O2. The van der Waals surface area contributed by atoms with E-state index in [1.165, 1.54) is 12.8 Å². The van der Waals surface area contributed by atoms with Crippen LogP contribution in [0.1, 0.15) is 71.6 Å². The molecule has 0 aromatic heterocycles. The highest BCUT2D eigenvalue weighted by molar-refractivity contribution is 5.37. The van der Waals surface area contributed by atoms with E-state index in [1.54, 1.807) is 12.2 Å². The van der Waals surface area contributed by atoms with Crippen molar-refractivity contribution in [2.75, 3.05) is 0 Å². The van der Waals surface area contributed by atoms with Crippen molar-refractivity contribution in [3.8, 4) is 0 Å². The van der Waals surface area contributed by atoms with Crippen LogP contribution in [0.25, 0.3) is 0 Å². The fourth-order valence-electron chi connectivity index (χ4n) is 4.67. The molecule has 0 bridgehead atoms. The molecule has 4 heteroatoms. The van der Waals surface area contributed by atoms with Gasteiger partial charge < -0.3 is 0 Å². The Bertz CT molecular complexity index is 423. The molecule has 0 aliphatic heterocycles. The summed E-state index contributed by atoms with van der Waals surface area (Å²) in [6.07, 6.45) is 12.5. The first-order valence-corrected chi connectivity index (χ1v) is 8.21. The molecule has 0 saturated heterocycles. The zero-order valence-corrected chi connectivity index (χ0v) is 13.2. The van der Waals surface area contributed by atoms with Crippen LogP contribution in [0.2, 0.25) is 0 Å². The van der Waals surface area contributed by atoms with Gasteiger partial charge in [0.05, 0.1) is 11.1 Å². The van der Waals surface area contributed by atoms with Crippen molar-refractivity contribution < 1.29 is 9.59 Å². The summed E-state index contributed by atoms with van der Waals surface area (Å²) in [4.78, 5) is 30.3. The molecule has 2 fully saturated rings. The lowest BCUT2D eigenvalue weighted by Gasteiger charge is -2.44. The van der Waals surface area contributed by atoms with Gasteiger partial charge >= 0.3 is 0 Å². The molecule has 0 N–H and O–H groups in total. The van der Waals surface area contributed by atoms with Crippen LogP contribution in [0.4, 0.5) is 0 Å². The summed E-state index contributed by atoms with van der Waals surface area (Å²) in [6, 6.07) is 0. The van der Waals surface area contributed by atoms with Crippen molar-refractivity contribution >= 4 is 12.2 Å². The first-order valence-electron chi connectivity index (χ1n) is 8.21. The molecule has 4 unspecified atom stereocenters. The fourth-order valence-corrected chi connectivity index (χ4v) is 4.67. The highest BCUT2D eigenvalue weighted by Crippen LogP contribution is 2.46. The second-order valence-corrected chi connectivity index (χ2v) is 7.43. The predicted molar refractivity (Wildman–Crippen MR) is 81.6 cm³/mol. The number of rotatable bonds is 4. The topological polar surface area (TPSA) is 58.9 Å². The van der Waals surface area contributed by atoms with Crippen LogP contribution in [0.3, 0.4) is 0 Å². The van der Waals surface area contributed by atoms with Gasteiger partial charge in [0, 0.05) is 0 Å². The van der Waals surface area contributed by atoms with E-state index in [2.05, 4.69) is 23.8 Å². The smallest absolute Gasteiger partial charge is 0.211 e. The van der Waals surface area contributed by atoms with E-state index >= 15 is 0 Å². The number of hydrogen-bond acceptors (Lipinski definition) is 4. The number of isocyanates is 2. The normalized spacial score (nSPS) is 39.9. The van der Waals surface area contributed by atoms with Gasteiger partial charge in [-0.2, -0.15) is 9.98 Å². The largest absolute Gasteiger partial charge is 0.235 e. The van der Waals surface area contributed by atoms with Gasteiger partial charge in [-0.3, -0.25) is 0 Å². The minimum absolute atomic E-state index is 0.364. The van der Waals surface area contributed by atoms with E-state index < -0.39 is 0 Å². The minimum atomic E-state index is -0.364. The Morgan fingerprint density at radius 2 is 1.33 bits per heavy atom. The molecular weight excluding hydrogens is 264 g/mol. The van der Waals surface area contributed by atoms with Gasteiger partial charge in [0.2, 0.25) is 12.2 Å². The molecule has 21 heavy (non-hydrogen) atoms. The first-order chi connectivity index (χ1) is 10.0. The molecule has 2 aliphatic carbocycles. The summed E-state index contributed by atoms with van der Waals surface area (Å²) >= 11 is 0. The number of aliphatic imine (C=N–C) groups is 2. The SMILES string of the molecule is CC1CCCC(CC2(N=C=O)CCCC(C)C2)(N=C=O)C1. The van der Waals surface area contributed by atoms with E-state index in [9.17, 15) is 9.59 Å². The highest BCUT2D eigenvalue weighted by atomic mass is 16.1. The molecule has 116 valence electrons. The molecule has 0 spiro atoms. The molecule has 0 heterocycles. The van der Waals surface area contributed by atoms with Crippen LogP contribution in [-0.2, 0) is 9.59 Å². The third-order valence-corrected chi connectivity index (χ3v) is 5.36. The van der Waals surface area contributed by atoms with E-state index in [-0.39, 0.29) is 11.1 Å². The number of carbonyl (C=O) groups excluding carboxylic acids is 2. The summed E-state index contributed by atoms with van der Waals surface area (Å²) in [6.45, 7) is 4.43. The molecule has 0 aromatic carbocycles. The maximum Gasteiger partial charge on any atom is 0.235 e. The summed E-state index contributed by atoms with van der Waals surface area (Å²) in [7, 11) is 0. The summed E-state index contributed by atoms with van der Waals surface area (Å²) in [5, 5.41) is 0. The van der Waals surface area contributed by atoms with E-state index in [0.29, 0.717) is 18.3 Å². The van der Waals surface area contributed by atoms with Gasteiger partial charge in [-0.05, 0) is 43.9 Å². The van der Waals surface area contributed by atoms with Crippen LogP contribution in [0, 0.1) is 11.8 Å². The predicted octanol–water partition coefficient (Wildman–Crippen LogP) is 3.95. The summed E-state index contributed by atoms with van der Waals surface area (Å²) in [5.41, 5.74) is -0.729. The van der Waals surface area contributed by atoms with Crippen molar-refractivity contribution in [1.29, 1.82) is 0 Å². The molecule has 4 nitrogen and oxygen atoms in total. The van der Waals surface area contributed by atoms with Gasteiger partial charge in [-0.15, -0.1) is 0 Å². The van der Waals surface area contributed by atoms with Gasteiger partial charge in [0.25, 0.3) is 0 Å². The number of nitrogens with zero attached hydrogens (tertiary/aromatic N) is 2. The molecule has 0 radical (unpaired) electrons. The highest BCUT2D eigenvalue weighted by Gasteiger charge is 2.45. The average molecular weight is 290 g/mol. The Hall–Kier alpha value is -1.24. The van der Waals surface area contributed by atoms with Crippen LogP contribution in [-0.4, -0.2) is 23.2 Å². The summed E-state index contributed by atoms with van der Waals surface area (Å²) in [5.74, 6) is 1.13. The zero-order valence-electron chi connectivity index (χ0n) is 13.2. The quantitative estimate of drug-likeness (QED) is 0.581. The molecule has 2 saturated carbocycles. The third-order valence-electron chi connectivity index (χ3n) is 5.36. The molecule has 0 amide bonds. The maximum absolute atomic E-state index is 11.0. The van der Waals surface area contributed by atoms with Crippen LogP contribution >= 0.6 is 0 Å². The molecule has 4 atom stereocenters. The monoisotopic (exact) mass is 290 g/mol. The second-order valence-electron chi connectivity index (χ2n) is 7.43. The molecule has 0 aromatic rings. The first kappa shape index (κ1) is 16.1. The number of hydrogen-bond donors (Lipinski definition) is 0. The van der Waals surface area contributed by atoms with Crippen molar-refractivity contribution in [2.24, 2.45) is 21.8 Å². The third kappa shape index (κ3) is 3.90. The fraction of sp³-hybridized carbons (Fsp3) is 0.882. The Balaban J connectivity index is 2.27. The Labute approximate surface area is 127 Å². The van der Waals surface area contributed by atoms with Gasteiger partial charge in [0.15, 0.2) is 0 Å². The van der Waals surface area contributed by atoms with Crippen molar-refractivity contribution in [1.82, 2.24) is 0 Å². The van der Waals surface area contributed by atoms with E-state index in [0.717, 1.165) is 38.5 Å². The van der Waals surface area contributed by atoms with Crippen molar-refractivity contribution in [2.45, 2.75) is 82.7 Å². The average Bonchev–Trinajstić information content (AvgIpc) is 2.38. The second kappa shape index (κ2) is 6.68. The Morgan fingerprint density at radius 1 is 0.905 bits per heavy atom. The standard InChI is InChI=1S/C17H26N2O2/c1-14-5-3-7-16(9-14,18-12-20)11-17(19-13-21)8-4-6-15(2)10-17/h14-15H,3-11H2,1-2H3. The van der Waals surface area contributed by atoms with E-state index in [1.807, 2.05) is 0 Å². The lowest BCUT2D eigenvalue weighted by atomic mass is 9.65. The van der Waals surface area contributed by atoms with Crippen LogP contribution in [0.15, 0.2) is 9.98 Å². The maximum atomic E-state index is 11.0. The van der Waals surface area contributed by atoms with Crippen LogP contribution < -0.4 is 0 Å². The van der Waals surface area contributed by atoms with Gasteiger partial charge in [-0.1, -0.05) is 39.5 Å². The summed E-state index contributed by atoms with van der Waals surface area (Å²) < 4.78 is 0.